The van der Waals surface area contributed by atoms with Gasteiger partial charge in [-0.05, 0) is 25.7 Å². The summed E-state index contributed by atoms with van der Waals surface area (Å²) in [7, 11) is 2.43. The first-order valence-electron chi connectivity index (χ1n) is 12.6. The first-order chi connectivity index (χ1) is 14.1. The van der Waals surface area contributed by atoms with E-state index in [2.05, 4.69) is 20.9 Å². The summed E-state index contributed by atoms with van der Waals surface area (Å²) in [4.78, 5) is 8.25. The van der Waals surface area contributed by atoms with Crippen molar-refractivity contribution in [3.05, 3.63) is 0 Å². The molecule has 0 unspecified atom stereocenters. The van der Waals surface area contributed by atoms with Crippen LogP contribution in [0.3, 0.4) is 0 Å². The van der Waals surface area contributed by atoms with Crippen LogP contribution in [0.4, 0.5) is 0 Å². The Labute approximate surface area is 182 Å². The Bertz CT molecular complexity index is 290. The molecule has 0 rings (SSSR count). The lowest BCUT2D eigenvalue weighted by atomic mass is 10.1. The first-order valence-corrected chi connectivity index (χ1v) is 12.6. The fourth-order valence-electron chi connectivity index (χ4n) is 4.04. The maximum absolute atomic E-state index is 9.24. The molecule has 0 aromatic carbocycles. The summed E-state index contributed by atoms with van der Waals surface area (Å²) in [5.74, 6) is 0. The molecule has 0 fully saturated rings. The summed E-state index contributed by atoms with van der Waals surface area (Å²) in [6.07, 6.45) is 23.4. The van der Waals surface area contributed by atoms with Gasteiger partial charge in [0.2, 0.25) is 0 Å². The Morgan fingerprint density at radius 2 is 0.897 bits per heavy atom. The molecule has 0 saturated carbocycles. The number of nitrogens with zero attached hydrogens (tertiary/aromatic N) is 1. The fraction of sp³-hybridized carbons (Fsp3) is 0.960. The molecule has 4 nitrogen and oxygen atoms in total. The lowest BCUT2D eigenvalue weighted by Gasteiger charge is -2.35. The number of rotatable bonds is 21. The quantitative estimate of drug-likeness (QED) is 0.154. The minimum absolute atomic E-state index is 0.350. The monoisotopic (exact) mass is 415 g/mol. The highest BCUT2D eigenvalue weighted by Crippen LogP contribution is 2.15. The highest BCUT2D eigenvalue weighted by Gasteiger charge is 2.19. The third kappa shape index (κ3) is 25.4. The molecule has 0 amide bonds. The Morgan fingerprint density at radius 1 is 0.621 bits per heavy atom. The second-order valence-corrected chi connectivity index (χ2v) is 8.91. The van der Waals surface area contributed by atoms with E-state index in [4.69, 9.17) is 9.90 Å². The van der Waals surface area contributed by atoms with Gasteiger partial charge < -0.3 is 19.5 Å². The van der Waals surface area contributed by atoms with Crippen molar-refractivity contribution in [2.75, 3.05) is 33.3 Å². The van der Waals surface area contributed by atoms with Gasteiger partial charge in [0.1, 0.15) is 0 Å². The average Bonchev–Trinajstić information content (AvgIpc) is 2.71. The van der Waals surface area contributed by atoms with Crippen LogP contribution in [0.15, 0.2) is 0 Å². The third-order valence-electron chi connectivity index (χ3n) is 5.96. The zero-order valence-electron chi connectivity index (χ0n) is 20.1. The van der Waals surface area contributed by atoms with E-state index in [1.807, 2.05) is 0 Å². The normalized spacial score (nSPS) is 11.2. The van der Waals surface area contributed by atoms with Gasteiger partial charge in [-0.1, -0.05) is 90.9 Å². The topological polar surface area (TPSA) is 60.4 Å². The van der Waals surface area contributed by atoms with Crippen LogP contribution in [0.2, 0.25) is 0 Å². The minimum Gasteiger partial charge on any atom is -0.554 e. The maximum Gasteiger partial charge on any atom is 0.0806 e. The molecule has 1 N–H and O–H groups in total. The Balaban J connectivity index is 0. The van der Waals surface area contributed by atoms with Gasteiger partial charge in [0.15, 0.2) is 0 Å². The molecule has 0 aliphatic carbocycles. The summed E-state index contributed by atoms with van der Waals surface area (Å²) < 4.78 is 1.19. The van der Waals surface area contributed by atoms with Crippen molar-refractivity contribution in [3.63, 3.8) is 0 Å². The molecule has 0 aliphatic heterocycles. The van der Waals surface area contributed by atoms with Crippen LogP contribution in [0.5, 0.6) is 0 Å². The Kier molecular flexibility index (Phi) is 26.8. The largest absolute Gasteiger partial charge is 0.554 e. The molecule has 0 aromatic rings. The highest BCUT2D eigenvalue weighted by molar-refractivity contribution is 5.29. The van der Waals surface area contributed by atoms with Crippen molar-refractivity contribution in [2.45, 2.75) is 123 Å². The molecule has 0 bridgehead atoms. The number of aliphatic hydroxyl groups is 1. The predicted molar refractivity (Wildman–Crippen MR) is 124 cm³/mol. The highest BCUT2D eigenvalue weighted by atomic mass is 16.3. The van der Waals surface area contributed by atoms with E-state index in [1.54, 1.807) is 0 Å². The van der Waals surface area contributed by atoms with Gasteiger partial charge in [-0.25, -0.2) is 0 Å². The zero-order valence-corrected chi connectivity index (χ0v) is 20.1. The van der Waals surface area contributed by atoms with Crippen molar-refractivity contribution in [2.24, 2.45) is 0 Å². The summed E-state index contributed by atoms with van der Waals surface area (Å²) in [6, 6.07) is 0. The molecule has 29 heavy (non-hydrogen) atoms. The molecule has 0 atom stereocenters. The number of carboxylic acid groups (broad SMARTS) is 1. The summed E-state index contributed by atoms with van der Waals surface area (Å²) in [5.41, 5.74) is 0. The lowest BCUT2D eigenvalue weighted by molar-refractivity contribution is -0.910. The van der Waals surface area contributed by atoms with E-state index in [0.717, 1.165) is 13.0 Å². The molecule has 4 heteroatoms. The van der Waals surface area contributed by atoms with E-state index >= 15 is 0 Å². The van der Waals surface area contributed by atoms with Gasteiger partial charge in [0, 0.05) is 19.5 Å². The summed E-state index contributed by atoms with van der Waals surface area (Å²) in [6.45, 7) is 8.21. The predicted octanol–water partition coefficient (Wildman–Crippen LogP) is 5.46. The van der Waals surface area contributed by atoms with Crippen LogP contribution in [0.25, 0.3) is 0 Å². The fourth-order valence-corrected chi connectivity index (χ4v) is 4.04. The standard InChI is InChI=1S/C24H52NO.CH2O2/c1-4-6-8-10-12-14-16-18-21-25(3,23-20-24-26)22-19-17-15-13-11-9-7-5-2;2-1-3/h26H,4-24H2,1-3H3;1H,(H,2,3)/q+1;/p-1. The van der Waals surface area contributed by atoms with E-state index in [1.165, 1.54) is 120 Å². The molecule has 0 radical (unpaired) electrons. The van der Waals surface area contributed by atoms with Crippen molar-refractivity contribution < 1.29 is 19.5 Å². The number of carbonyl (C=O) groups is 1. The molecule has 0 heterocycles. The first kappa shape index (κ1) is 30.6. The Hall–Kier alpha value is -0.610. The minimum atomic E-state index is -0.500. The van der Waals surface area contributed by atoms with Crippen molar-refractivity contribution >= 4 is 6.47 Å². The maximum atomic E-state index is 9.24. The number of unbranched alkanes of at least 4 members (excludes halogenated alkanes) is 14. The summed E-state index contributed by atoms with van der Waals surface area (Å²) in [5, 5.41) is 17.5. The molecule has 0 aromatic heterocycles. The molecular formula is C25H53NO3. The number of hydrogen-bond acceptors (Lipinski definition) is 3. The SMILES string of the molecule is CCCCCCCCCC[N+](C)(CCCO)CCCCCCCCCC.O=C[O-]. The van der Waals surface area contributed by atoms with Crippen LogP contribution >= 0.6 is 0 Å². The number of aliphatic hydroxyl groups excluding tert-OH is 1. The van der Waals surface area contributed by atoms with Crippen LogP contribution < -0.4 is 5.11 Å². The smallest absolute Gasteiger partial charge is 0.0806 e. The van der Waals surface area contributed by atoms with Crippen LogP contribution in [-0.2, 0) is 4.79 Å². The number of carbonyl (C=O) groups excluding carboxylic acids is 1. The number of hydrogen-bond donors (Lipinski definition) is 1. The van der Waals surface area contributed by atoms with Gasteiger partial charge in [0.25, 0.3) is 0 Å². The zero-order chi connectivity index (χ0) is 22.1. The van der Waals surface area contributed by atoms with E-state index in [9.17, 15) is 5.11 Å². The van der Waals surface area contributed by atoms with E-state index in [0.29, 0.717) is 6.61 Å². The van der Waals surface area contributed by atoms with Crippen molar-refractivity contribution in [3.8, 4) is 0 Å². The van der Waals surface area contributed by atoms with Crippen LogP contribution in [-0.4, -0.2) is 49.4 Å². The van der Waals surface area contributed by atoms with Crippen molar-refractivity contribution in [1.29, 1.82) is 0 Å². The van der Waals surface area contributed by atoms with Gasteiger partial charge >= 0.3 is 0 Å². The molecular weight excluding hydrogens is 362 g/mol. The van der Waals surface area contributed by atoms with E-state index < -0.39 is 6.47 Å². The molecule has 0 saturated heterocycles. The van der Waals surface area contributed by atoms with Gasteiger partial charge in [0.05, 0.1) is 26.7 Å². The number of quaternary nitrogens is 1. The van der Waals surface area contributed by atoms with E-state index in [-0.39, 0.29) is 0 Å². The second-order valence-electron chi connectivity index (χ2n) is 8.91. The summed E-state index contributed by atoms with van der Waals surface area (Å²) >= 11 is 0. The Morgan fingerprint density at radius 3 is 1.21 bits per heavy atom. The molecule has 0 aliphatic rings. The molecule has 0 spiro atoms. The van der Waals surface area contributed by atoms with Crippen LogP contribution in [0, 0.1) is 0 Å². The van der Waals surface area contributed by atoms with Gasteiger partial charge in [-0.2, -0.15) is 0 Å². The second kappa shape index (κ2) is 25.4. The molecule has 176 valence electrons. The van der Waals surface area contributed by atoms with Crippen molar-refractivity contribution in [1.82, 2.24) is 0 Å². The average molecular weight is 416 g/mol. The lowest BCUT2D eigenvalue weighted by Crippen LogP contribution is -2.46. The van der Waals surface area contributed by atoms with Gasteiger partial charge in [-0.15, -0.1) is 0 Å². The third-order valence-corrected chi connectivity index (χ3v) is 5.96. The van der Waals surface area contributed by atoms with Crippen LogP contribution in [0.1, 0.15) is 123 Å². The van der Waals surface area contributed by atoms with Gasteiger partial charge in [-0.3, -0.25) is 0 Å².